The smallest absolute Gasteiger partial charge is 0.209 e. The first-order chi connectivity index (χ1) is 5.13. The molecule has 0 aromatic heterocycles. The average Bonchev–Trinajstić information content (AvgIpc) is 2.32. The van der Waals surface area contributed by atoms with Crippen LogP contribution in [0, 0.1) is 0 Å². The molecule has 0 spiro atoms. The molecule has 1 aliphatic heterocycles. The van der Waals surface area contributed by atoms with Crippen molar-refractivity contribution in [2.75, 3.05) is 6.54 Å². The summed E-state index contributed by atoms with van der Waals surface area (Å²) in [6.07, 6.45) is 1.43. The Labute approximate surface area is 79.9 Å². The number of halogens is 1. The lowest BCUT2D eigenvalue weighted by atomic mass is 10.2. The van der Waals surface area contributed by atoms with Gasteiger partial charge in [0.05, 0.1) is 6.04 Å². The van der Waals surface area contributed by atoms with Gasteiger partial charge in [-0.3, -0.25) is 9.69 Å². The first kappa shape index (κ1) is 9.41. The van der Waals surface area contributed by atoms with Crippen molar-refractivity contribution in [1.82, 2.24) is 4.90 Å². The fourth-order valence-corrected chi connectivity index (χ4v) is 2.15. The molecule has 1 rings (SSSR count). The van der Waals surface area contributed by atoms with Crippen molar-refractivity contribution < 1.29 is 9.90 Å². The molecular weight excluding hydrogens is 257 g/mol. The summed E-state index contributed by atoms with van der Waals surface area (Å²) in [6, 6.07) is -0.0457. The van der Waals surface area contributed by atoms with Crippen molar-refractivity contribution in [3.05, 3.63) is 0 Å². The Hall–Kier alpha value is 0.320. The summed E-state index contributed by atoms with van der Waals surface area (Å²) in [5.41, 5.74) is 0. The summed E-state index contributed by atoms with van der Waals surface area (Å²) in [4.78, 5) is 12.8. The maximum Gasteiger partial charge on any atom is 0.209 e. The summed E-state index contributed by atoms with van der Waals surface area (Å²) in [5.74, 6) is 0. The third-order valence-electron chi connectivity index (χ3n) is 2.04. The van der Waals surface area contributed by atoms with Crippen LogP contribution < -0.4 is 0 Å². The van der Waals surface area contributed by atoms with Crippen molar-refractivity contribution in [3.63, 3.8) is 0 Å². The van der Waals surface area contributed by atoms with Gasteiger partial charge < -0.3 is 5.11 Å². The summed E-state index contributed by atoms with van der Waals surface area (Å²) in [7, 11) is 0. The molecule has 4 heteroatoms. The number of carbonyl (C=O) groups excluding carboxylic acids is 1. The van der Waals surface area contributed by atoms with Gasteiger partial charge in [0, 0.05) is 29.1 Å². The molecule has 0 aliphatic carbocycles. The van der Waals surface area contributed by atoms with E-state index in [1.807, 2.05) is 4.90 Å². The van der Waals surface area contributed by atoms with Crippen LogP contribution in [0.25, 0.3) is 0 Å². The number of aliphatic hydroxyl groups is 1. The van der Waals surface area contributed by atoms with E-state index in [4.69, 9.17) is 0 Å². The van der Waals surface area contributed by atoms with E-state index in [1.165, 1.54) is 0 Å². The highest BCUT2D eigenvalue weighted by atomic mass is 127. The highest BCUT2D eigenvalue weighted by molar-refractivity contribution is 14.1. The van der Waals surface area contributed by atoms with Crippen LogP contribution in [0.5, 0.6) is 0 Å². The zero-order valence-corrected chi connectivity index (χ0v) is 8.61. The number of rotatable bonds is 2. The van der Waals surface area contributed by atoms with Gasteiger partial charge >= 0.3 is 0 Å². The van der Waals surface area contributed by atoms with Crippen LogP contribution in [0.3, 0.4) is 0 Å². The molecule has 2 unspecified atom stereocenters. The molecule has 1 N–H and O–H groups in total. The topological polar surface area (TPSA) is 40.5 Å². The highest BCUT2D eigenvalue weighted by Gasteiger charge is 2.31. The van der Waals surface area contributed by atoms with Crippen molar-refractivity contribution in [2.45, 2.75) is 32.0 Å². The van der Waals surface area contributed by atoms with Crippen molar-refractivity contribution >= 4 is 26.4 Å². The van der Waals surface area contributed by atoms with E-state index in [2.05, 4.69) is 0 Å². The average molecular weight is 269 g/mol. The van der Waals surface area contributed by atoms with Crippen LogP contribution >= 0.6 is 22.6 Å². The fourth-order valence-electron chi connectivity index (χ4n) is 1.48. The molecule has 0 amide bonds. The normalized spacial score (nSPS) is 28.8. The second-order valence-electron chi connectivity index (χ2n) is 2.83. The first-order valence-electron chi connectivity index (χ1n) is 3.76. The van der Waals surface area contributed by atoms with Gasteiger partial charge in [-0.05, 0) is 19.8 Å². The van der Waals surface area contributed by atoms with Crippen LogP contribution in [0.4, 0.5) is 0 Å². The van der Waals surface area contributed by atoms with Crippen LogP contribution in [0.15, 0.2) is 0 Å². The van der Waals surface area contributed by atoms with Crippen molar-refractivity contribution in [3.8, 4) is 0 Å². The van der Waals surface area contributed by atoms with Gasteiger partial charge in [0.2, 0.25) is 3.79 Å². The lowest BCUT2D eigenvalue weighted by Gasteiger charge is -2.24. The van der Waals surface area contributed by atoms with Gasteiger partial charge in [-0.25, -0.2) is 0 Å². The van der Waals surface area contributed by atoms with E-state index >= 15 is 0 Å². The third-order valence-corrected chi connectivity index (χ3v) is 2.76. The third kappa shape index (κ3) is 2.13. The van der Waals surface area contributed by atoms with Gasteiger partial charge in [0.1, 0.15) is 6.23 Å². The molecule has 0 aromatic rings. The number of hydrogen-bond donors (Lipinski definition) is 1. The molecule has 0 aromatic carbocycles. The van der Waals surface area contributed by atoms with Crippen LogP contribution in [-0.2, 0) is 4.79 Å². The number of nitrogens with zero attached hydrogens (tertiary/aromatic N) is 1. The largest absolute Gasteiger partial charge is 0.379 e. The Morgan fingerprint density at radius 2 is 2.45 bits per heavy atom. The number of carbonyl (C=O) groups is 1. The fraction of sp³-hybridized carbons (Fsp3) is 0.857. The molecule has 3 nitrogen and oxygen atoms in total. The molecule has 1 aliphatic rings. The molecule has 11 heavy (non-hydrogen) atoms. The van der Waals surface area contributed by atoms with Crippen molar-refractivity contribution in [2.24, 2.45) is 0 Å². The summed E-state index contributed by atoms with van der Waals surface area (Å²) in [5, 5.41) is 9.24. The lowest BCUT2D eigenvalue weighted by Crippen LogP contribution is -2.39. The summed E-state index contributed by atoms with van der Waals surface area (Å²) < 4.78 is 0.140. The molecule has 1 saturated heterocycles. The first-order valence-corrected chi connectivity index (χ1v) is 4.84. The van der Waals surface area contributed by atoms with E-state index < -0.39 is 6.23 Å². The van der Waals surface area contributed by atoms with E-state index in [9.17, 15) is 9.90 Å². The number of hydrogen-bond acceptors (Lipinski definition) is 3. The summed E-state index contributed by atoms with van der Waals surface area (Å²) in [6.45, 7) is 2.55. The quantitative estimate of drug-likeness (QED) is 0.594. The molecule has 0 bridgehead atoms. The van der Waals surface area contributed by atoms with Gasteiger partial charge in [-0.1, -0.05) is 0 Å². The predicted octanol–water partition coefficient (Wildman–Crippen LogP) is 0.751. The number of aliphatic hydroxyl groups excluding tert-OH is 1. The molecule has 0 radical (unpaired) electrons. The second kappa shape index (κ2) is 3.82. The molecule has 1 fully saturated rings. The molecule has 0 saturated carbocycles. The van der Waals surface area contributed by atoms with Crippen molar-refractivity contribution in [1.29, 1.82) is 0 Å². The van der Waals surface area contributed by atoms with Crippen LogP contribution in [0.1, 0.15) is 19.8 Å². The maximum atomic E-state index is 11.0. The minimum Gasteiger partial charge on any atom is -0.379 e. The number of likely N-dealkylation sites (tertiary alicyclic amines) is 1. The minimum absolute atomic E-state index is 0.0457. The van der Waals surface area contributed by atoms with E-state index in [0.717, 1.165) is 19.4 Å². The minimum atomic E-state index is -0.485. The van der Waals surface area contributed by atoms with Crippen LogP contribution in [0.2, 0.25) is 0 Å². The maximum absolute atomic E-state index is 11.0. The van der Waals surface area contributed by atoms with Gasteiger partial charge in [-0.15, -0.1) is 0 Å². The van der Waals surface area contributed by atoms with Gasteiger partial charge in [0.15, 0.2) is 0 Å². The van der Waals surface area contributed by atoms with E-state index in [0.29, 0.717) is 0 Å². The van der Waals surface area contributed by atoms with Gasteiger partial charge in [-0.2, -0.15) is 0 Å². The monoisotopic (exact) mass is 269 g/mol. The highest BCUT2D eigenvalue weighted by Crippen LogP contribution is 2.21. The van der Waals surface area contributed by atoms with E-state index in [1.54, 1.807) is 29.5 Å². The molecule has 1 heterocycles. The molecular formula is C7H12INO2. The summed E-state index contributed by atoms with van der Waals surface area (Å²) >= 11 is 1.80. The molecule has 2 atom stereocenters. The Kier molecular flexibility index (Phi) is 3.27. The predicted molar refractivity (Wildman–Crippen MR) is 50.4 cm³/mol. The Bertz CT molecular complexity index is 161. The van der Waals surface area contributed by atoms with Crippen LogP contribution in [-0.4, -0.2) is 32.6 Å². The standard InChI is InChI=1S/C7H12INO2/c1-5(10)9-4-2-3-6(9)7(8)11/h5-6,10H,2-4H2,1H3. The Morgan fingerprint density at radius 3 is 2.82 bits per heavy atom. The van der Waals surface area contributed by atoms with Gasteiger partial charge in [0.25, 0.3) is 0 Å². The molecule has 64 valence electrons. The zero-order valence-electron chi connectivity index (χ0n) is 6.46. The second-order valence-corrected chi connectivity index (χ2v) is 3.90. The van der Waals surface area contributed by atoms with E-state index in [-0.39, 0.29) is 9.83 Å². The Morgan fingerprint density at radius 1 is 1.82 bits per heavy atom. The zero-order chi connectivity index (χ0) is 8.43. The SMILES string of the molecule is CC(O)N1CCCC1C(=O)I. The Balaban J connectivity index is 2.58. The lowest BCUT2D eigenvalue weighted by molar-refractivity contribution is -0.116.